The van der Waals surface area contributed by atoms with Crippen molar-refractivity contribution in [3.63, 3.8) is 0 Å². The molecule has 1 unspecified atom stereocenters. The van der Waals surface area contributed by atoms with E-state index in [1.807, 2.05) is 8.90 Å². The van der Waals surface area contributed by atoms with Crippen LogP contribution in [0.4, 0.5) is 0 Å². The molecule has 0 aromatic heterocycles. The van der Waals surface area contributed by atoms with Crippen molar-refractivity contribution in [2.45, 2.75) is 49.6 Å². The molecule has 0 bridgehead atoms. The third kappa shape index (κ3) is 3.54. The molecule has 0 fully saturated rings. The first-order chi connectivity index (χ1) is 8.77. The molecule has 0 saturated carbocycles. The Hall–Kier alpha value is 0.280. The summed E-state index contributed by atoms with van der Waals surface area (Å²) in [6.45, 7) is 4.80. The van der Waals surface area contributed by atoms with Gasteiger partial charge in [-0.3, -0.25) is 0 Å². The third-order valence-corrected chi connectivity index (χ3v) is 16.3. The van der Waals surface area contributed by atoms with E-state index in [4.69, 9.17) is 0 Å². The molecule has 0 spiro atoms. The van der Waals surface area contributed by atoms with Gasteiger partial charge in [0.15, 0.2) is 0 Å². The second-order valence-corrected chi connectivity index (χ2v) is 16.9. The minimum Gasteiger partial charge on any atom is -1.00 e. The normalized spacial score (nSPS) is 22.4. The van der Waals surface area contributed by atoms with Crippen molar-refractivity contribution in [3.05, 3.63) is 44.9 Å². The van der Waals surface area contributed by atoms with Crippen LogP contribution in [0.2, 0.25) is 3.67 Å². The van der Waals surface area contributed by atoms with Crippen molar-refractivity contribution in [1.82, 2.24) is 0 Å². The second kappa shape index (κ2) is 8.06. The first-order valence-electron chi connectivity index (χ1n) is 7.21. The van der Waals surface area contributed by atoms with Crippen LogP contribution in [0.5, 0.6) is 0 Å². The fourth-order valence-corrected chi connectivity index (χ4v) is 15.2. The van der Waals surface area contributed by atoms with E-state index in [1.54, 1.807) is 8.83 Å². The maximum absolute atomic E-state index is 2.57. The van der Waals surface area contributed by atoms with Gasteiger partial charge in [0.1, 0.15) is 0 Å². The van der Waals surface area contributed by atoms with Gasteiger partial charge in [-0.2, -0.15) is 0 Å². The van der Waals surface area contributed by atoms with Crippen LogP contribution >= 0.6 is 0 Å². The van der Waals surface area contributed by atoms with E-state index < -0.39 is 21.0 Å². The van der Waals surface area contributed by atoms with Crippen LogP contribution < -0.4 is 24.8 Å². The predicted molar refractivity (Wildman–Crippen MR) is 76.6 cm³/mol. The largest absolute Gasteiger partial charge is 1.00 e. The zero-order valence-electron chi connectivity index (χ0n) is 12.3. The van der Waals surface area contributed by atoms with Crippen LogP contribution in [0.3, 0.4) is 0 Å². The standard InChI is InChI=1S/C9H11.C5H5.C3H6.2ClH.Hf/c1-2-5-9-7-3-6-8(9)4-1;1-2-4-5-3-1;1-3-2;;;/h3,6-7H,1-2,4-5H2;1-3H,4H2;1-2H3;2*1H;/q;;;;;+2/p-2. The maximum Gasteiger partial charge on any atom is -1.00 e. The molecule has 0 saturated heterocycles. The first kappa shape index (κ1) is 18.3. The number of hydrogen-bond acceptors (Lipinski definition) is 0. The van der Waals surface area contributed by atoms with Gasteiger partial charge in [-0.05, 0) is 0 Å². The zero-order valence-corrected chi connectivity index (χ0v) is 17.4. The Morgan fingerprint density at radius 1 is 1.15 bits per heavy atom. The number of hydrogen-bond donors (Lipinski definition) is 0. The quantitative estimate of drug-likeness (QED) is 0.445. The van der Waals surface area contributed by atoms with Crippen LogP contribution in [0.25, 0.3) is 0 Å². The van der Waals surface area contributed by atoms with E-state index in [-0.39, 0.29) is 24.8 Å². The summed E-state index contributed by atoms with van der Waals surface area (Å²) in [6.07, 6.45) is 18.9. The molecule has 0 aromatic carbocycles. The minimum atomic E-state index is -1.78. The Kier molecular flexibility index (Phi) is 7.38. The summed E-state index contributed by atoms with van der Waals surface area (Å²) in [5, 5.41) is 0. The summed E-state index contributed by atoms with van der Waals surface area (Å²) in [5.41, 5.74) is 3.55. The number of allylic oxidation sites excluding steroid dienone is 8. The van der Waals surface area contributed by atoms with Gasteiger partial charge in [0.05, 0.1) is 0 Å². The molecule has 0 heterocycles. The van der Waals surface area contributed by atoms with Crippen LogP contribution in [-0.4, -0.2) is 3.26 Å². The Morgan fingerprint density at radius 3 is 2.55 bits per heavy atom. The Morgan fingerprint density at radius 2 is 1.90 bits per heavy atom. The smallest absolute Gasteiger partial charge is 1.00 e. The van der Waals surface area contributed by atoms with Gasteiger partial charge in [0.2, 0.25) is 0 Å². The third-order valence-electron chi connectivity index (χ3n) is 4.39. The van der Waals surface area contributed by atoms with E-state index in [2.05, 4.69) is 44.2 Å². The molecule has 20 heavy (non-hydrogen) atoms. The molecule has 0 amide bonds. The first-order valence-corrected chi connectivity index (χ1v) is 12.9. The van der Waals surface area contributed by atoms with Crippen LogP contribution in [0.15, 0.2) is 44.9 Å². The molecular weight excluding hydrogens is 454 g/mol. The van der Waals surface area contributed by atoms with E-state index >= 15 is 0 Å². The second-order valence-electron chi connectivity index (χ2n) is 5.83. The van der Waals surface area contributed by atoms with Gasteiger partial charge in [0, 0.05) is 0 Å². The van der Waals surface area contributed by atoms with Crippen molar-refractivity contribution < 1.29 is 45.8 Å². The molecule has 0 nitrogen and oxygen atoms in total. The molecule has 1 atom stereocenters. The van der Waals surface area contributed by atoms with Crippen molar-refractivity contribution in [2.75, 3.05) is 0 Å². The molecule has 0 aromatic rings. The van der Waals surface area contributed by atoms with Gasteiger partial charge < -0.3 is 24.8 Å². The monoisotopic (exact) mass is 476 g/mol. The van der Waals surface area contributed by atoms with E-state index in [0.717, 1.165) is 3.67 Å². The summed E-state index contributed by atoms with van der Waals surface area (Å²) in [5.74, 6) is 0. The summed E-state index contributed by atoms with van der Waals surface area (Å²) >= 11 is -1.78. The van der Waals surface area contributed by atoms with Gasteiger partial charge in [-0.25, -0.2) is 0 Å². The van der Waals surface area contributed by atoms with Crippen molar-refractivity contribution >= 4 is 3.26 Å². The van der Waals surface area contributed by atoms with Crippen LogP contribution in [0, 0.1) is 0 Å². The molecule has 0 aliphatic heterocycles. The number of rotatable bonds is 2. The Balaban J connectivity index is 0.000001000. The van der Waals surface area contributed by atoms with Gasteiger partial charge in [-0.15, -0.1) is 0 Å². The molecule has 3 aliphatic carbocycles. The van der Waals surface area contributed by atoms with Crippen molar-refractivity contribution in [2.24, 2.45) is 0 Å². The molecular formula is C17H22Cl2Hf. The van der Waals surface area contributed by atoms with Gasteiger partial charge in [0.25, 0.3) is 0 Å². The Bertz CT molecular complexity index is 517. The summed E-state index contributed by atoms with van der Waals surface area (Å²) < 4.78 is 4.49. The molecule has 3 heteroatoms. The number of halogens is 2. The van der Waals surface area contributed by atoms with Crippen LogP contribution in [-0.2, 0) is 21.0 Å². The summed E-state index contributed by atoms with van der Waals surface area (Å²) in [4.78, 5) is 0. The van der Waals surface area contributed by atoms with Crippen molar-refractivity contribution in [3.8, 4) is 0 Å². The fourth-order valence-electron chi connectivity index (χ4n) is 3.58. The van der Waals surface area contributed by atoms with Crippen LogP contribution in [0.1, 0.15) is 46.0 Å². The van der Waals surface area contributed by atoms with Crippen molar-refractivity contribution in [1.29, 1.82) is 0 Å². The van der Waals surface area contributed by atoms with E-state index in [1.165, 1.54) is 32.1 Å². The predicted octanol–water partition coefficient (Wildman–Crippen LogP) is -1.10. The zero-order chi connectivity index (χ0) is 12.5. The molecule has 0 radical (unpaired) electrons. The SMILES string of the molecule is C[C](C)=[Hf+2]([C]1=CC=CC1)[CH]1C=CC2=C1CCCC2.[Cl-].[Cl-]. The fraction of sp³-hybridized carbons (Fsp3) is 0.471. The topological polar surface area (TPSA) is 0 Å². The average Bonchev–Trinajstić information content (AvgIpc) is 3.00. The molecule has 0 N–H and O–H groups in total. The molecule has 108 valence electrons. The minimum absolute atomic E-state index is 0. The maximum atomic E-state index is 2.57. The average molecular weight is 476 g/mol. The summed E-state index contributed by atoms with van der Waals surface area (Å²) in [7, 11) is 0. The summed E-state index contributed by atoms with van der Waals surface area (Å²) in [6, 6.07) is 0. The Labute approximate surface area is 142 Å². The van der Waals surface area contributed by atoms with E-state index in [9.17, 15) is 0 Å². The van der Waals surface area contributed by atoms with Gasteiger partial charge >= 0.3 is 119 Å². The van der Waals surface area contributed by atoms with E-state index in [0.29, 0.717) is 0 Å². The molecule has 3 rings (SSSR count). The van der Waals surface area contributed by atoms with Gasteiger partial charge in [-0.1, -0.05) is 0 Å². The molecule has 3 aliphatic rings.